The Kier molecular flexibility index (Phi) is 3.71. The van der Waals surface area contributed by atoms with Gasteiger partial charge in [-0.3, -0.25) is 4.79 Å². The topological polar surface area (TPSA) is 55.6 Å². The number of aryl methyl sites for hydroxylation is 3. The fraction of sp³-hybridized carbons (Fsp3) is 0.364. The highest BCUT2D eigenvalue weighted by Gasteiger charge is 2.32. The number of pyridine rings is 1. The average Bonchev–Trinajstić information content (AvgIpc) is 3.24. The van der Waals surface area contributed by atoms with E-state index in [9.17, 15) is 4.79 Å². The molecule has 0 radical (unpaired) electrons. The molecule has 1 amide bonds. The van der Waals surface area contributed by atoms with Crippen LogP contribution < -0.4 is 10.1 Å². The largest absolute Gasteiger partial charge is 0.496 e. The summed E-state index contributed by atoms with van der Waals surface area (Å²) in [7, 11) is 1.72. The first-order valence-electron chi connectivity index (χ1n) is 9.58. The molecule has 1 N–H and O–H groups in total. The number of hydrogen-bond donors (Lipinski definition) is 1. The Hall–Kier alpha value is -2.82. The van der Waals surface area contributed by atoms with Crippen molar-refractivity contribution in [3.05, 3.63) is 64.1 Å². The summed E-state index contributed by atoms with van der Waals surface area (Å²) in [4.78, 5) is 17.3. The zero-order valence-electron chi connectivity index (χ0n) is 15.7. The number of carbonyl (C=O) groups is 1. The lowest BCUT2D eigenvalue weighted by Gasteiger charge is -2.20. The molecule has 2 aromatic heterocycles. The molecule has 5 heteroatoms. The molecular weight excluding hydrogens is 338 g/mol. The number of rotatable bonds is 2. The van der Waals surface area contributed by atoms with E-state index in [-0.39, 0.29) is 11.8 Å². The smallest absolute Gasteiger partial charge is 0.221 e. The van der Waals surface area contributed by atoms with Gasteiger partial charge in [-0.15, -0.1) is 0 Å². The van der Waals surface area contributed by atoms with Crippen LogP contribution in [0.5, 0.6) is 5.75 Å². The number of carbonyl (C=O) groups excluding carboxylic acids is 1. The molecule has 5 rings (SSSR count). The summed E-state index contributed by atoms with van der Waals surface area (Å²) >= 11 is 0. The van der Waals surface area contributed by atoms with Crippen LogP contribution in [0.2, 0.25) is 0 Å². The van der Waals surface area contributed by atoms with E-state index < -0.39 is 0 Å². The van der Waals surface area contributed by atoms with Gasteiger partial charge in [0.25, 0.3) is 0 Å². The molecule has 0 bridgehead atoms. The van der Waals surface area contributed by atoms with Gasteiger partial charge in [0.2, 0.25) is 5.91 Å². The zero-order chi connectivity index (χ0) is 18.5. The fourth-order valence-corrected chi connectivity index (χ4v) is 4.63. The van der Waals surface area contributed by atoms with Gasteiger partial charge in [-0.2, -0.15) is 0 Å². The van der Waals surface area contributed by atoms with E-state index in [2.05, 4.69) is 41.0 Å². The van der Waals surface area contributed by atoms with Crippen molar-refractivity contribution < 1.29 is 9.53 Å². The first-order chi connectivity index (χ1) is 13.2. The molecule has 0 saturated heterocycles. The zero-order valence-corrected chi connectivity index (χ0v) is 15.7. The molecular formula is C22H23N3O2. The van der Waals surface area contributed by atoms with Crippen molar-refractivity contribution in [3.63, 3.8) is 0 Å². The van der Waals surface area contributed by atoms with E-state index in [1.165, 1.54) is 17.5 Å². The van der Waals surface area contributed by atoms with Crippen LogP contribution in [-0.4, -0.2) is 22.4 Å². The van der Waals surface area contributed by atoms with E-state index >= 15 is 0 Å². The maximum absolute atomic E-state index is 12.5. The van der Waals surface area contributed by atoms with Crippen molar-refractivity contribution >= 4 is 11.6 Å². The van der Waals surface area contributed by atoms with Crippen LogP contribution in [-0.2, 0) is 24.2 Å². The van der Waals surface area contributed by atoms with Gasteiger partial charge in [-0.05, 0) is 55.0 Å². The van der Waals surface area contributed by atoms with Crippen molar-refractivity contribution in [2.75, 3.05) is 7.11 Å². The number of nitrogens with one attached hydrogen (secondary N) is 1. The van der Waals surface area contributed by atoms with Crippen molar-refractivity contribution in [1.29, 1.82) is 0 Å². The van der Waals surface area contributed by atoms with Gasteiger partial charge in [0.1, 0.15) is 11.4 Å². The van der Waals surface area contributed by atoms with E-state index in [1.807, 2.05) is 6.07 Å². The summed E-state index contributed by atoms with van der Waals surface area (Å²) < 4.78 is 7.92. The lowest BCUT2D eigenvalue weighted by molar-refractivity contribution is -0.121. The number of benzene rings is 1. The van der Waals surface area contributed by atoms with Gasteiger partial charge in [0.15, 0.2) is 0 Å². The van der Waals surface area contributed by atoms with Crippen molar-refractivity contribution in [2.45, 2.75) is 45.1 Å². The number of fused-ring (bicyclic) bond motifs is 4. The quantitative estimate of drug-likeness (QED) is 0.762. The third-order valence-electron chi connectivity index (χ3n) is 5.95. The van der Waals surface area contributed by atoms with E-state index in [4.69, 9.17) is 9.72 Å². The van der Waals surface area contributed by atoms with Crippen molar-refractivity contribution in [3.8, 4) is 5.75 Å². The van der Waals surface area contributed by atoms with Gasteiger partial charge in [-0.25, -0.2) is 4.98 Å². The molecule has 1 aliphatic heterocycles. The molecule has 0 saturated carbocycles. The number of aromatic nitrogens is 2. The summed E-state index contributed by atoms with van der Waals surface area (Å²) in [6.07, 6.45) is 5.86. The minimum atomic E-state index is -0.0693. The van der Waals surface area contributed by atoms with E-state index in [0.717, 1.165) is 46.8 Å². The molecule has 1 atom stereocenters. The lowest BCUT2D eigenvalue weighted by Crippen LogP contribution is -2.21. The number of imidazole rings is 1. The maximum atomic E-state index is 12.5. The summed E-state index contributed by atoms with van der Waals surface area (Å²) in [5, 5.41) is 3.02. The Morgan fingerprint density at radius 1 is 1.26 bits per heavy atom. The maximum Gasteiger partial charge on any atom is 0.221 e. The fourth-order valence-electron chi connectivity index (χ4n) is 4.63. The Balaban J connectivity index is 1.76. The van der Waals surface area contributed by atoms with Crippen LogP contribution in [0.3, 0.4) is 0 Å². The van der Waals surface area contributed by atoms with Gasteiger partial charge in [0, 0.05) is 24.1 Å². The molecule has 2 aliphatic rings. The van der Waals surface area contributed by atoms with Crippen LogP contribution in [0.15, 0.2) is 30.5 Å². The minimum absolute atomic E-state index is 0.0574. The van der Waals surface area contributed by atoms with Crippen LogP contribution in [0.4, 0.5) is 0 Å². The second-order valence-electron chi connectivity index (χ2n) is 7.58. The molecule has 27 heavy (non-hydrogen) atoms. The third kappa shape index (κ3) is 2.52. The molecule has 1 aromatic carbocycles. The van der Waals surface area contributed by atoms with Crippen molar-refractivity contribution in [1.82, 2.24) is 14.7 Å². The van der Waals surface area contributed by atoms with Crippen LogP contribution >= 0.6 is 0 Å². The van der Waals surface area contributed by atoms with Gasteiger partial charge >= 0.3 is 0 Å². The molecule has 138 valence electrons. The number of nitrogens with zero attached hydrogens (tertiary/aromatic N) is 2. The van der Waals surface area contributed by atoms with Gasteiger partial charge in [-0.1, -0.05) is 12.1 Å². The molecule has 0 spiro atoms. The number of hydrogen-bond acceptors (Lipinski definition) is 3. The van der Waals surface area contributed by atoms with E-state index in [0.29, 0.717) is 13.0 Å². The van der Waals surface area contributed by atoms with Crippen molar-refractivity contribution in [2.24, 2.45) is 0 Å². The molecule has 3 heterocycles. The monoisotopic (exact) mass is 361 g/mol. The SMILES string of the molecule is COc1cc2c(cc1C1CC(=O)NCc3nc4c(C)cccn4c31)CCC2. The van der Waals surface area contributed by atoms with E-state index in [1.54, 1.807) is 7.11 Å². The second kappa shape index (κ2) is 6.12. The average molecular weight is 361 g/mol. The minimum Gasteiger partial charge on any atom is -0.496 e. The number of ether oxygens (including phenoxy) is 1. The first kappa shape index (κ1) is 16.4. The summed E-state index contributed by atoms with van der Waals surface area (Å²) in [5.41, 5.74) is 8.01. The Morgan fingerprint density at radius 3 is 2.89 bits per heavy atom. The van der Waals surface area contributed by atoms with Gasteiger partial charge in [0.05, 0.1) is 25.0 Å². The van der Waals surface area contributed by atoms with Gasteiger partial charge < -0.3 is 14.5 Å². The van der Waals surface area contributed by atoms with Crippen LogP contribution in [0.1, 0.15) is 52.4 Å². The highest BCUT2D eigenvalue weighted by Crippen LogP contribution is 2.40. The number of amides is 1. The summed E-state index contributed by atoms with van der Waals surface area (Å²) in [6.45, 7) is 2.55. The molecule has 5 nitrogen and oxygen atoms in total. The highest BCUT2D eigenvalue weighted by molar-refractivity contribution is 5.79. The molecule has 1 aliphatic carbocycles. The molecule has 0 fully saturated rings. The summed E-state index contributed by atoms with van der Waals surface area (Å²) in [5.74, 6) is 0.867. The van der Waals surface area contributed by atoms with Crippen LogP contribution in [0.25, 0.3) is 5.65 Å². The molecule has 3 aromatic rings. The normalized spacial score (nSPS) is 18.7. The highest BCUT2D eigenvalue weighted by atomic mass is 16.5. The third-order valence-corrected chi connectivity index (χ3v) is 5.95. The second-order valence-corrected chi connectivity index (χ2v) is 7.58. The lowest BCUT2D eigenvalue weighted by atomic mass is 9.88. The predicted octanol–water partition coefficient (Wildman–Crippen LogP) is 3.29. The summed E-state index contributed by atoms with van der Waals surface area (Å²) in [6, 6.07) is 8.56. The first-order valence-corrected chi connectivity index (χ1v) is 9.58. The Bertz CT molecular complexity index is 1070. The Morgan fingerprint density at radius 2 is 2.07 bits per heavy atom. The standard InChI is InChI=1S/C22H23N3O2/c1-13-5-4-8-25-21-17(11-20(26)23-12-18(21)24-22(13)25)16-9-14-6-3-7-15(14)10-19(16)27-2/h4-5,8-10,17H,3,6-7,11-12H2,1-2H3,(H,23,26). The predicted molar refractivity (Wildman–Crippen MR) is 103 cm³/mol. The number of methoxy groups -OCH3 is 1. The van der Waals surface area contributed by atoms with Crippen LogP contribution in [0, 0.1) is 6.92 Å². The molecule has 1 unspecified atom stereocenters. The Labute approximate surface area is 158 Å².